The second-order valence-corrected chi connectivity index (χ2v) is 4.30. The third-order valence-corrected chi connectivity index (χ3v) is 3.83. The molecule has 0 aliphatic heterocycles. The highest BCUT2D eigenvalue weighted by atomic mass is 79.9. The van der Waals surface area contributed by atoms with Crippen molar-refractivity contribution in [1.29, 1.82) is 0 Å². The summed E-state index contributed by atoms with van der Waals surface area (Å²) in [6.07, 6.45) is 0. The summed E-state index contributed by atoms with van der Waals surface area (Å²) in [5.41, 5.74) is 0.691. The van der Waals surface area contributed by atoms with Gasteiger partial charge in [0.1, 0.15) is 5.75 Å². The quantitative estimate of drug-likeness (QED) is 0.727. The highest BCUT2D eigenvalue weighted by Crippen LogP contribution is 2.33. The molecule has 0 saturated carbocycles. The Labute approximate surface area is 102 Å². The van der Waals surface area contributed by atoms with E-state index in [1.54, 1.807) is 0 Å². The molecule has 14 heavy (non-hydrogen) atoms. The average Bonchev–Trinajstić information content (AvgIpc) is 2.10. The van der Waals surface area contributed by atoms with Gasteiger partial charge in [-0.2, -0.15) is 8.78 Å². The van der Waals surface area contributed by atoms with Gasteiger partial charge in [-0.05, 0) is 49.6 Å². The van der Waals surface area contributed by atoms with Crippen molar-refractivity contribution in [3.05, 3.63) is 26.6 Å². The van der Waals surface area contributed by atoms with Crippen LogP contribution >= 0.6 is 43.5 Å². The third-order valence-electron chi connectivity index (χ3n) is 1.45. The van der Waals surface area contributed by atoms with Gasteiger partial charge in [-0.15, -0.1) is 11.6 Å². The maximum atomic E-state index is 11.9. The first kappa shape index (κ1) is 12.2. The third kappa shape index (κ3) is 3.07. The van der Waals surface area contributed by atoms with Crippen LogP contribution in [-0.2, 0) is 5.88 Å². The molecule has 0 radical (unpaired) electrons. The molecule has 0 aliphatic rings. The molecule has 0 amide bonds. The van der Waals surface area contributed by atoms with Crippen LogP contribution in [0.3, 0.4) is 0 Å². The van der Waals surface area contributed by atoms with Gasteiger partial charge in [0.2, 0.25) is 0 Å². The van der Waals surface area contributed by atoms with E-state index in [9.17, 15) is 8.78 Å². The van der Waals surface area contributed by atoms with Gasteiger partial charge in [0.25, 0.3) is 0 Å². The lowest BCUT2D eigenvalue weighted by atomic mass is 10.2. The van der Waals surface area contributed by atoms with Crippen LogP contribution in [0.1, 0.15) is 5.56 Å². The van der Waals surface area contributed by atoms with Crippen molar-refractivity contribution in [3.8, 4) is 5.75 Å². The van der Waals surface area contributed by atoms with Crippen molar-refractivity contribution in [2.45, 2.75) is 12.5 Å². The van der Waals surface area contributed by atoms with E-state index in [2.05, 4.69) is 36.6 Å². The molecule has 1 aromatic rings. The predicted molar refractivity (Wildman–Crippen MR) is 58.0 cm³/mol. The lowest BCUT2D eigenvalue weighted by molar-refractivity contribution is -0.0499. The first-order valence-electron chi connectivity index (χ1n) is 3.53. The molecular formula is C8H5Br2ClF2O. The van der Waals surface area contributed by atoms with Gasteiger partial charge in [0.05, 0.1) is 0 Å². The van der Waals surface area contributed by atoms with Gasteiger partial charge >= 0.3 is 6.61 Å². The molecule has 0 unspecified atom stereocenters. The first-order chi connectivity index (χ1) is 6.54. The number of hydrogen-bond acceptors (Lipinski definition) is 1. The Morgan fingerprint density at radius 2 is 2.00 bits per heavy atom. The molecule has 0 spiro atoms. The molecule has 6 heteroatoms. The molecule has 0 bridgehead atoms. The lowest BCUT2D eigenvalue weighted by Crippen LogP contribution is -2.02. The van der Waals surface area contributed by atoms with Crippen LogP contribution in [-0.4, -0.2) is 6.61 Å². The van der Waals surface area contributed by atoms with Gasteiger partial charge in [-0.25, -0.2) is 0 Å². The molecule has 0 aliphatic carbocycles. The van der Waals surface area contributed by atoms with Crippen molar-refractivity contribution in [2.24, 2.45) is 0 Å². The van der Waals surface area contributed by atoms with Crippen LogP contribution in [0, 0.1) is 0 Å². The van der Waals surface area contributed by atoms with E-state index in [1.165, 1.54) is 12.1 Å². The first-order valence-corrected chi connectivity index (χ1v) is 5.65. The van der Waals surface area contributed by atoms with E-state index in [4.69, 9.17) is 11.6 Å². The number of hydrogen-bond donors (Lipinski definition) is 0. The fourth-order valence-electron chi connectivity index (χ4n) is 0.887. The van der Waals surface area contributed by atoms with E-state index in [0.717, 1.165) is 4.47 Å². The van der Waals surface area contributed by atoms with E-state index in [1.807, 2.05) is 0 Å². The molecular weight excluding hydrogens is 345 g/mol. The molecule has 78 valence electrons. The minimum Gasteiger partial charge on any atom is -0.435 e. The molecule has 0 saturated heterocycles. The second-order valence-electron chi connectivity index (χ2n) is 2.39. The number of halogens is 5. The minimum absolute atomic E-state index is 0.0886. The van der Waals surface area contributed by atoms with Crippen molar-refractivity contribution in [1.82, 2.24) is 0 Å². The van der Waals surface area contributed by atoms with Gasteiger partial charge in [0, 0.05) is 14.8 Å². The van der Waals surface area contributed by atoms with Crippen LogP contribution in [0.15, 0.2) is 21.1 Å². The maximum Gasteiger partial charge on any atom is 0.387 e. The summed E-state index contributed by atoms with van der Waals surface area (Å²) in [5.74, 6) is 0.310. The Balaban J connectivity index is 3.03. The molecule has 1 aromatic carbocycles. The largest absolute Gasteiger partial charge is 0.435 e. The monoisotopic (exact) mass is 348 g/mol. The van der Waals surface area contributed by atoms with Crippen LogP contribution in [0.5, 0.6) is 5.75 Å². The normalized spacial score (nSPS) is 10.7. The molecule has 0 atom stereocenters. The second kappa shape index (κ2) is 5.28. The molecule has 0 heterocycles. The van der Waals surface area contributed by atoms with Gasteiger partial charge in [0.15, 0.2) is 0 Å². The SMILES string of the molecule is FC(F)Oc1cc(Br)c(Br)c(CCl)c1. The summed E-state index contributed by atoms with van der Waals surface area (Å²) in [7, 11) is 0. The van der Waals surface area contributed by atoms with Crippen LogP contribution in [0.2, 0.25) is 0 Å². The Morgan fingerprint density at radius 1 is 1.36 bits per heavy atom. The summed E-state index contributed by atoms with van der Waals surface area (Å²) >= 11 is 12.1. The van der Waals surface area contributed by atoms with Crippen molar-refractivity contribution < 1.29 is 13.5 Å². The van der Waals surface area contributed by atoms with Crippen molar-refractivity contribution >= 4 is 43.5 Å². The predicted octanol–water partition coefficient (Wildman–Crippen LogP) is 4.55. The van der Waals surface area contributed by atoms with Crippen LogP contribution in [0.4, 0.5) is 8.78 Å². The fraction of sp³-hybridized carbons (Fsp3) is 0.250. The highest BCUT2D eigenvalue weighted by molar-refractivity contribution is 9.13. The molecule has 0 N–H and O–H groups in total. The minimum atomic E-state index is -2.83. The molecule has 1 nitrogen and oxygen atoms in total. The Kier molecular flexibility index (Phi) is 4.60. The maximum absolute atomic E-state index is 11.9. The van der Waals surface area contributed by atoms with E-state index >= 15 is 0 Å². The Bertz CT molecular complexity index is 333. The summed E-state index contributed by atoms with van der Waals surface area (Å²) in [6, 6.07) is 2.92. The summed E-state index contributed by atoms with van der Waals surface area (Å²) in [4.78, 5) is 0. The fourth-order valence-corrected chi connectivity index (χ4v) is 2.11. The molecule has 0 fully saturated rings. The average molecular weight is 350 g/mol. The van der Waals surface area contributed by atoms with E-state index < -0.39 is 6.61 Å². The van der Waals surface area contributed by atoms with Gasteiger partial charge in [-0.3, -0.25) is 0 Å². The van der Waals surface area contributed by atoms with Crippen LogP contribution in [0.25, 0.3) is 0 Å². The zero-order chi connectivity index (χ0) is 10.7. The molecule has 1 rings (SSSR count). The summed E-state index contributed by atoms with van der Waals surface area (Å²) in [6.45, 7) is -2.83. The number of ether oxygens (including phenoxy) is 1. The lowest BCUT2D eigenvalue weighted by Gasteiger charge is -2.08. The Hall–Kier alpha value is 0.130. The zero-order valence-electron chi connectivity index (χ0n) is 6.74. The Morgan fingerprint density at radius 3 is 2.50 bits per heavy atom. The van der Waals surface area contributed by atoms with E-state index in [0.29, 0.717) is 10.0 Å². The van der Waals surface area contributed by atoms with Crippen molar-refractivity contribution in [3.63, 3.8) is 0 Å². The number of alkyl halides is 3. The highest BCUT2D eigenvalue weighted by Gasteiger charge is 2.10. The standard InChI is InChI=1S/C8H5Br2ClF2O/c9-6-2-5(14-8(12)13)1-4(3-11)7(6)10/h1-2,8H,3H2. The summed E-state index contributed by atoms with van der Waals surface area (Å²) in [5, 5.41) is 0. The van der Waals surface area contributed by atoms with Gasteiger partial charge < -0.3 is 4.74 Å². The topological polar surface area (TPSA) is 9.23 Å². The summed E-state index contributed by atoms with van der Waals surface area (Å²) < 4.78 is 29.4. The van der Waals surface area contributed by atoms with Crippen molar-refractivity contribution in [2.75, 3.05) is 0 Å². The smallest absolute Gasteiger partial charge is 0.387 e. The number of rotatable bonds is 3. The van der Waals surface area contributed by atoms with Crippen LogP contribution < -0.4 is 4.74 Å². The van der Waals surface area contributed by atoms with E-state index in [-0.39, 0.29) is 11.6 Å². The van der Waals surface area contributed by atoms with Gasteiger partial charge in [-0.1, -0.05) is 0 Å². The molecule has 0 aromatic heterocycles. The zero-order valence-corrected chi connectivity index (χ0v) is 10.7. The number of benzene rings is 1.